The molecular weight excluding hydrogens is 360 g/mol. The van der Waals surface area contributed by atoms with Crippen molar-refractivity contribution >= 4 is 33.0 Å². The van der Waals surface area contributed by atoms with Crippen LogP contribution in [0.2, 0.25) is 5.02 Å². The van der Waals surface area contributed by atoms with Crippen molar-refractivity contribution in [2.75, 3.05) is 23.0 Å². The summed E-state index contributed by atoms with van der Waals surface area (Å²) in [6, 6.07) is 5.45. The molecule has 2 aliphatic heterocycles. The van der Waals surface area contributed by atoms with Gasteiger partial charge in [-0.15, -0.1) is 0 Å². The molecule has 5 nitrogen and oxygen atoms in total. The molecule has 136 valence electrons. The summed E-state index contributed by atoms with van der Waals surface area (Å²) in [4.78, 5) is 16.8. The summed E-state index contributed by atoms with van der Waals surface area (Å²) in [5.41, 5.74) is 1.65. The van der Waals surface area contributed by atoms with Crippen molar-refractivity contribution in [3.05, 3.63) is 28.8 Å². The average molecular weight is 383 g/mol. The molecule has 0 N–H and O–H groups in total. The SMILES string of the molecule is Cc1ccc(N2C(=O)CN(C3CCCC3)[C@H]3CS(=O)(=O)C[C@H]32)cc1Cl. The quantitative estimate of drug-likeness (QED) is 0.788. The van der Waals surface area contributed by atoms with Gasteiger partial charge in [0.2, 0.25) is 5.91 Å². The van der Waals surface area contributed by atoms with Crippen molar-refractivity contribution in [3.63, 3.8) is 0 Å². The first kappa shape index (κ1) is 17.3. The maximum Gasteiger partial charge on any atom is 0.241 e. The van der Waals surface area contributed by atoms with Gasteiger partial charge in [0.15, 0.2) is 9.84 Å². The molecular formula is C18H23ClN2O3S. The lowest BCUT2D eigenvalue weighted by atomic mass is 9.99. The summed E-state index contributed by atoms with van der Waals surface area (Å²) < 4.78 is 24.7. The van der Waals surface area contributed by atoms with Gasteiger partial charge in [0.05, 0.1) is 24.1 Å². The maximum absolute atomic E-state index is 13.0. The molecule has 2 heterocycles. The van der Waals surface area contributed by atoms with Gasteiger partial charge in [-0.1, -0.05) is 30.5 Å². The minimum Gasteiger partial charge on any atom is -0.306 e. The topological polar surface area (TPSA) is 57.7 Å². The van der Waals surface area contributed by atoms with Crippen molar-refractivity contribution in [2.45, 2.75) is 50.7 Å². The van der Waals surface area contributed by atoms with Crippen molar-refractivity contribution in [2.24, 2.45) is 0 Å². The number of piperazine rings is 1. The van der Waals surface area contributed by atoms with Crippen LogP contribution < -0.4 is 4.90 Å². The number of nitrogens with zero attached hydrogens (tertiary/aromatic N) is 2. The summed E-state index contributed by atoms with van der Waals surface area (Å²) in [5, 5.41) is 0.598. The number of aryl methyl sites for hydroxylation is 1. The smallest absolute Gasteiger partial charge is 0.241 e. The van der Waals surface area contributed by atoms with E-state index in [9.17, 15) is 13.2 Å². The predicted molar refractivity (Wildman–Crippen MR) is 98.9 cm³/mol. The fraction of sp³-hybridized carbons (Fsp3) is 0.611. The lowest BCUT2D eigenvalue weighted by Crippen LogP contribution is -2.64. The Hall–Kier alpha value is -1.11. The molecule has 0 unspecified atom stereocenters. The molecule has 0 radical (unpaired) electrons. The van der Waals surface area contributed by atoms with E-state index in [1.165, 1.54) is 0 Å². The molecule has 2 atom stereocenters. The van der Waals surface area contributed by atoms with Gasteiger partial charge in [0.1, 0.15) is 0 Å². The Morgan fingerprint density at radius 2 is 1.80 bits per heavy atom. The molecule has 1 saturated carbocycles. The minimum atomic E-state index is -3.14. The Kier molecular flexibility index (Phi) is 4.33. The van der Waals surface area contributed by atoms with Crippen LogP contribution >= 0.6 is 11.6 Å². The van der Waals surface area contributed by atoms with Crippen LogP contribution in [0.1, 0.15) is 31.2 Å². The lowest BCUT2D eigenvalue weighted by molar-refractivity contribution is -0.124. The summed E-state index contributed by atoms with van der Waals surface area (Å²) >= 11 is 6.25. The van der Waals surface area contributed by atoms with Gasteiger partial charge in [0, 0.05) is 22.8 Å². The fourth-order valence-corrected chi connectivity index (χ4v) is 6.75. The van der Waals surface area contributed by atoms with Crippen molar-refractivity contribution in [1.29, 1.82) is 0 Å². The van der Waals surface area contributed by atoms with E-state index in [1.54, 1.807) is 11.0 Å². The van der Waals surface area contributed by atoms with E-state index >= 15 is 0 Å². The third-order valence-electron chi connectivity index (χ3n) is 5.86. The van der Waals surface area contributed by atoms with Crippen LogP contribution in [0.3, 0.4) is 0 Å². The predicted octanol–water partition coefficient (Wildman–Crippen LogP) is 2.41. The number of hydrogen-bond acceptors (Lipinski definition) is 4. The van der Waals surface area contributed by atoms with E-state index in [4.69, 9.17) is 11.6 Å². The highest BCUT2D eigenvalue weighted by Crippen LogP contribution is 2.36. The third-order valence-corrected chi connectivity index (χ3v) is 7.97. The molecule has 0 spiro atoms. The fourth-order valence-electron chi connectivity index (χ4n) is 4.61. The van der Waals surface area contributed by atoms with Crippen molar-refractivity contribution < 1.29 is 13.2 Å². The summed E-state index contributed by atoms with van der Waals surface area (Å²) in [6.45, 7) is 2.21. The highest BCUT2D eigenvalue weighted by molar-refractivity contribution is 7.91. The molecule has 1 aromatic rings. The number of anilines is 1. The van der Waals surface area contributed by atoms with E-state index in [0.29, 0.717) is 23.3 Å². The molecule has 3 fully saturated rings. The van der Waals surface area contributed by atoms with Gasteiger partial charge in [-0.3, -0.25) is 9.69 Å². The molecule has 4 rings (SSSR count). The van der Waals surface area contributed by atoms with Gasteiger partial charge in [-0.2, -0.15) is 0 Å². The zero-order valence-electron chi connectivity index (χ0n) is 14.3. The molecule has 1 aliphatic carbocycles. The third kappa shape index (κ3) is 3.09. The largest absolute Gasteiger partial charge is 0.306 e. The number of sulfone groups is 1. The van der Waals surface area contributed by atoms with Gasteiger partial charge >= 0.3 is 0 Å². The zero-order valence-corrected chi connectivity index (χ0v) is 15.9. The normalized spacial score (nSPS) is 30.0. The summed E-state index contributed by atoms with van der Waals surface area (Å²) in [5.74, 6) is 0.167. The van der Waals surface area contributed by atoms with Crippen molar-refractivity contribution in [3.8, 4) is 0 Å². The Balaban J connectivity index is 1.71. The van der Waals surface area contributed by atoms with Crippen LogP contribution in [0.25, 0.3) is 0 Å². The standard InChI is InChI=1S/C18H23ClN2O3S/c1-12-6-7-14(8-15(12)19)21-17-11-25(23,24)10-16(17)20(9-18(21)22)13-4-2-3-5-13/h6-8,13,16-17H,2-5,9-11H2,1H3/t16-,17+/m0/s1. The first-order valence-corrected chi connectivity index (χ1v) is 11.1. The highest BCUT2D eigenvalue weighted by atomic mass is 35.5. The summed E-state index contributed by atoms with van der Waals surface area (Å²) in [7, 11) is -3.14. The second kappa shape index (κ2) is 6.25. The Morgan fingerprint density at radius 1 is 1.12 bits per heavy atom. The van der Waals surface area contributed by atoms with E-state index in [1.807, 2.05) is 19.1 Å². The number of carbonyl (C=O) groups is 1. The number of halogens is 1. The van der Waals surface area contributed by atoms with Gasteiger partial charge in [-0.05, 0) is 37.5 Å². The van der Waals surface area contributed by atoms with Gasteiger partial charge in [0.25, 0.3) is 0 Å². The monoisotopic (exact) mass is 382 g/mol. The summed E-state index contributed by atoms with van der Waals surface area (Å²) in [6.07, 6.45) is 4.45. The van der Waals surface area contributed by atoms with E-state index in [-0.39, 0.29) is 29.5 Å². The molecule has 0 aromatic heterocycles. The van der Waals surface area contributed by atoms with Gasteiger partial charge < -0.3 is 4.90 Å². The molecule has 3 aliphatic rings. The molecule has 7 heteroatoms. The second-order valence-electron chi connectivity index (χ2n) is 7.52. The van der Waals surface area contributed by atoms with Crippen LogP contribution in [0, 0.1) is 6.92 Å². The Labute approximate surface area is 153 Å². The van der Waals surface area contributed by atoms with Crippen LogP contribution in [0.4, 0.5) is 5.69 Å². The number of amides is 1. The number of carbonyl (C=O) groups excluding carboxylic acids is 1. The van der Waals surface area contributed by atoms with E-state index in [0.717, 1.165) is 31.2 Å². The molecule has 1 aromatic carbocycles. The van der Waals surface area contributed by atoms with E-state index < -0.39 is 9.84 Å². The van der Waals surface area contributed by atoms with Crippen LogP contribution in [-0.2, 0) is 14.6 Å². The average Bonchev–Trinajstić information content (AvgIpc) is 3.16. The lowest BCUT2D eigenvalue weighted by Gasteiger charge is -2.46. The highest BCUT2D eigenvalue weighted by Gasteiger charge is 2.51. The Morgan fingerprint density at radius 3 is 2.48 bits per heavy atom. The molecule has 25 heavy (non-hydrogen) atoms. The van der Waals surface area contributed by atoms with E-state index in [2.05, 4.69) is 4.90 Å². The molecule has 0 bridgehead atoms. The van der Waals surface area contributed by atoms with Crippen molar-refractivity contribution in [1.82, 2.24) is 4.90 Å². The first-order valence-electron chi connectivity index (χ1n) is 8.90. The first-order chi connectivity index (χ1) is 11.9. The zero-order chi connectivity index (χ0) is 17.8. The molecule has 2 saturated heterocycles. The van der Waals surface area contributed by atoms with Gasteiger partial charge in [-0.25, -0.2) is 8.42 Å². The number of fused-ring (bicyclic) bond motifs is 1. The Bertz CT molecular complexity index is 805. The van der Waals surface area contributed by atoms with Crippen LogP contribution in [0.5, 0.6) is 0 Å². The number of hydrogen-bond donors (Lipinski definition) is 0. The maximum atomic E-state index is 13.0. The number of rotatable bonds is 2. The molecule has 1 amide bonds. The minimum absolute atomic E-state index is 0.0230. The van der Waals surface area contributed by atoms with Crippen LogP contribution in [0.15, 0.2) is 18.2 Å². The van der Waals surface area contributed by atoms with Crippen LogP contribution in [-0.4, -0.2) is 55.4 Å². The second-order valence-corrected chi connectivity index (χ2v) is 10.1. The number of benzene rings is 1.